The molecule has 0 aliphatic heterocycles. The molecule has 6 nitrogen and oxygen atoms in total. The molecule has 0 saturated heterocycles. The van der Waals surface area contributed by atoms with Crippen LogP contribution in [0.1, 0.15) is 33.1 Å². The minimum atomic E-state index is -1.28. The van der Waals surface area contributed by atoms with Crippen LogP contribution in [0, 0.1) is 13.8 Å². The Balaban J connectivity index is 1.38. The fraction of sp³-hybridized carbons (Fsp3) is 0.0857. The van der Waals surface area contributed by atoms with Crippen LogP contribution in [0.15, 0.2) is 115 Å². The van der Waals surface area contributed by atoms with Crippen LogP contribution >= 0.6 is 11.6 Å². The summed E-state index contributed by atoms with van der Waals surface area (Å²) in [5, 5.41) is 16.4. The molecule has 0 unspecified atom stereocenters. The lowest BCUT2D eigenvalue weighted by atomic mass is 9.99. The minimum absolute atomic E-state index is 0.233. The van der Waals surface area contributed by atoms with E-state index in [-0.39, 0.29) is 5.56 Å². The SMILES string of the molecule is Cc1cc(C)cc(Nc2ccc(Cl)cc2C(=O)N[C@H](C(=O)O)c2ccc(-c3ccccc3Oc3ccccc3)cc2)c1. The van der Waals surface area contributed by atoms with Crippen LogP contribution in [0.25, 0.3) is 11.1 Å². The van der Waals surface area contributed by atoms with E-state index in [4.69, 9.17) is 16.3 Å². The van der Waals surface area contributed by atoms with Gasteiger partial charge in [-0.15, -0.1) is 0 Å². The number of carbonyl (C=O) groups is 2. The van der Waals surface area contributed by atoms with Gasteiger partial charge in [0.2, 0.25) is 0 Å². The Morgan fingerprint density at radius 2 is 1.45 bits per heavy atom. The number of hydrogen-bond acceptors (Lipinski definition) is 4. The number of rotatable bonds is 9. The molecule has 0 bridgehead atoms. The van der Waals surface area contributed by atoms with E-state index in [1.165, 1.54) is 6.07 Å². The van der Waals surface area contributed by atoms with Crippen LogP contribution in [0.4, 0.5) is 11.4 Å². The van der Waals surface area contributed by atoms with Crippen molar-refractivity contribution in [3.05, 3.63) is 143 Å². The van der Waals surface area contributed by atoms with Crippen molar-refractivity contribution in [1.29, 1.82) is 0 Å². The Labute approximate surface area is 249 Å². The first-order chi connectivity index (χ1) is 20.3. The number of amides is 1. The van der Waals surface area contributed by atoms with E-state index in [0.29, 0.717) is 27.8 Å². The number of carboxylic acid groups (broad SMARTS) is 1. The lowest BCUT2D eigenvalue weighted by Gasteiger charge is -2.18. The molecule has 0 aliphatic carbocycles. The molecule has 7 heteroatoms. The summed E-state index contributed by atoms with van der Waals surface area (Å²) in [5.74, 6) is -0.371. The van der Waals surface area contributed by atoms with Crippen molar-refractivity contribution in [3.8, 4) is 22.6 Å². The summed E-state index contributed by atoms with van der Waals surface area (Å²) in [7, 11) is 0. The summed E-state index contributed by atoms with van der Waals surface area (Å²) in [5.41, 5.74) is 5.81. The fourth-order valence-corrected chi connectivity index (χ4v) is 4.95. The lowest BCUT2D eigenvalue weighted by Crippen LogP contribution is -2.34. The van der Waals surface area contributed by atoms with Gasteiger partial charge in [0.15, 0.2) is 6.04 Å². The van der Waals surface area contributed by atoms with Gasteiger partial charge in [0.25, 0.3) is 5.91 Å². The number of carbonyl (C=O) groups excluding carboxylic acids is 1. The first-order valence-corrected chi connectivity index (χ1v) is 13.8. The second-order valence-electron chi connectivity index (χ2n) is 9.97. The van der Waals surface area contributed by atoms with Crippen LogP contribution in [0.5, 0.6) is 11.5 Å². The molecule has 5 aromatic carbocycles. The van der Waals surface area contributed by atoms with Crippen LogP contribution < -0.4 is 15.4 Å². The zero-order chi connectivity index (χ0) is 29.6. The molecule has 0 radical (unpaired) electrons. The van der Waals surface area contributed by atoms with Crippen molar-refractivity contribution in [1.82, 2.24) is 5.32 Å². The van der Waals surface area contributed by atoms with Gasteiger partial charge in [-0.3, -0.25) is 4.79 Å². The Morgan fingerprint density at radius 3 is 2.14 bits per heavy atom. The van der Waals surface area contributed by atoms with Gasteiger partial charge in [0, 0.05) is 16.3 Å². The maximum Gasteiger partial charge on any atom is 0.330 e. The number of benzene rings is 5. The standard InChI is InChI=1S/C35H29ClN2O4/c1-22-18-23(2)20-27(19-22)37-31-17-16-26(36)21-30(31)34(39)38-33(35(40)41)25-14-12-24(13-15-25)29-10-6-7-11-32(29)42-28-8-4-3-5-9-28/h3-21,33,37H,1-2H3,(H,38,39)(H,40,41)/t33-/m0/s1. The van der Waals surface area contributed by atoms with Crippen molar-refractivity contribution in [2.24, 2.45) is 0 Å². The summed E-state index contributed by atoms with van der Waals surface area (Å²) in [6, 6.07) is 33.7. The molecule has 0 saturated carbocycles. The van der Waals surface area contributed by atoms with Crippen LogP contribution in [-0.2, 0) is 4.79 Å². The van der Waals surface area contributed by atoms with E-state index in [2.05, 4.69) is 16.7 Å². The van der Waals surface area contributed by atoms with Gasteiger partial charge in [0.05, 0.1) is 11.3 Å². The van der Waals surface area contributed by atoms with E-state index < -0.39 is 17.9 Å². The largest absolute Gasteiger partial charge is 0.479 e. The zero-order valence-electron chi connectivity index (χ0n) is 23.1. The maximum atomic E-state index is 13.4. The molecule has 42 heavy (non-hydrogen) atoms. The highest BCUT2D eigenvalue weighted by Crippen LogP contribution is 2.34. The van der Waals surface area contributed by atoms with Crippen LogP contribution in [-0.4, -0.2) is 17.0 Å². The molecule has 5 rings (SSSR count). The molecule has 0 heterocycles. The Hall–Kier alpha value is -5.07. The predicted molar refractivity (Wildman–Crippen MR) is 167 cm³/mol. The predicted octanol–water partition coefficient (Wildman–Crippen LogP) is 8.72. The Morgan fingerprint density at radius 1 is 0.786 bits per heavy atom. The summed E-state index contributed by atoms with van der Waals surface area (Å²) < 4.78 is 6.09. The summed E-state index contributed by atoms with van der Waals surface area (Å²) in [6.07, 6.45) is 0. The average Bonchev–Trinajstić information content (AvgIpc) is 2.97. The molecular weight excluding hydrogens is 548 g/mol. The van der Waals surface area contributed by atoms with E-state index in [1.54, 1.807) is 24.3 Å². The molecular formula is C35H29ClN2O4. The number of para-hydroxylation sites is 2. The first kappa shape index (κ1) is 28.5. The zero-order valence-corrected chi connectivity index (χ0v) is 23.9. The molecule has 1 amide bonds. The number of halogens is 1. The van der Waals surface area contributed by atoms with Crippen molar-refractivity contribution in [2.75, 3.05) is 5.32 Å². The van der Waals surface area contributed by atoms with Gasteiger partial charge in [0.1, 0.15) is 11.5 Å². The highest BCUT2D eigenvalue weighted by molar-refractivity contribution is 6.31. The third-order valence-electron chi connectivity index (χ3n) is 6.66. The summed E-state index contributed by atoms with van der Waals surface area (Å²) in [6.45, 7) is 3.98. The van der Waals surface area contributed by atoms with Gasteiger partial charge in [-0.05, 0) is 84.6 Å². The molecule has 5 aromatic rings. The van der Waals surface area contributed by atoms with Gasteiger partial charge < -0.3 is 20.5 Å². The minimum Gasteiger partial charge on any atom is -0.479 e. The monoisotopic (exact) mass is 576 g/mol. The fourth-order valence-electron chi connectivity index (χ4n) is 4.78. The summed E-state index contributed by atoms with van der Waals surface area (Å²) >= 11 is 6.24. The lowest BCUT2D eigenvalue weighted by molar-refractivity contribution is -0.139. The first-order valence-electron chi connectivity index (χ1n) is 13.4. The Bertz CT molecular complexity index is 1720. The quantitative estimate of drug-likeness (QED) is 0.163. The highest BCUT2D eigenvalue weighted by atomic mass is 35.5. The van der Waals surface area contributed by atoms with Crippen molar-refractivity contribution in [2.45, 2.75) is 19.9 Å². The van der Waals surface area contributed by atoms with E-state index in [0.717, 1.165) is 27.9 Å². The number of carboxylic acids is 1. The molecule has 0 fully saturated rings. The van der Waals surface area contributed by atoms with E-state index >= 15 is 0 Å². The molecule has 0 spiro atoms. The molecule has 0 aliphatic rings. The van der Waals surface area contributed by atoms with Crippen LogP contribution in [0.2, 0.25) is 5.02 Å². The van der Waals surface area contributed by atoms with Gasteiger partial charge in [-0.2, -0.15) is 0 Å². The molecule has 1 atom stereocenters. The highest BCUT2D eigenvalue weighted by Gasteiger charge is 2.24. The number of aryl methyl sites for hydroxylation is 2. The number of hydrogen-bond donors (Lipinski definition) is 3. The van der Waals surface area contributed by atoms with Crippen molar-refractivity contribution < 1.29 is 19.4 Å². The third kappa shape index (κ3) is 6.79. The average molecular weight is 577 g/mol. The number of aliphatic carboxylic acids is 1. The second-order valence-corrected chi connectivity index (χ2v) is 10.4. The van der Waals surface area contributed by atoms with E-state index in [9.17, 15) is 14.7 Å². The van der Waals surface area contributed by atoms with E-state index in [1.807, 2.05) is 92.7 Å². The summed E-state index contributed by atoms with van der Waals surface area (Å²) in [4.78, 5) is 25.8. The maximum absolute atomic E-state index is 13.4. The van der Waals surface area contributed by atoms with Gasteiger partial charge >= 0.3 is 5.97 Å². The Kier molecular flexibility index (Phi) is 8.55. The second kappa shape index (κ2) is 12.6. The molecule has 210 valence electrons. The third-order valence-corrected chi connectivity index (χ3v) is 6.90. The van der Waals surface area contributed by atoms with Gasteiger partial charge in [-0.1, -0.05) is 78.3 Å². The molecule has 0 aromatic heterocycles. The van der Waals surface area contributed by atoms with Crippen LogP contribution in [0.3, 0.4) is 0 Å². The number of anilines is 2. The normalized spacial score (nSPS) is 11.4. The number of ether oxygens (including phenoxy) is 1. The van der Waals surface area contributed by atoms with Crippen molar-refractivity contribution >= 4 is 34.9 Å². The van der Waals surface area contributed by atoms with Gasteiger partial charge in [-0.25, -0.2) is 4.79 Å². The van der Waals surface area contributed by atoms with Crippen molar-refractivity contribution in [3.63, 3.8) is 0 Å². The smallest absolute Gasteiger partial charge is 0.330 e. The topological polar surface area (TPSA) is 87.7 Å². The molecule has 3 N–H and O–H groups in total. The number of nitrogens with one attached hydrogen (secondary N) is 2.